The summed E-state index contributed by atoms with van der Waals surface area (Å²) in [6.07, 6.45) is 0.0760. The van der Waals surface area contributed by atoms with Gasteiger partial charge in [0.15, 0.2) is 0 Å². The van der Waals surface area contributed by atoms with Crippen LogP contribution in [-0.4, -0.2) is 12.7 Å². The van der Waals surface area contributed by atoms with E-state index in [0.717, 1.165) is 0 Å². The summed E-state index contributed by atoms with van der Waals surface area (Å²) in [6.45, 7) is 0.317. The smallest absolute Gasteiger partial charge is 0.407 e. The lowest BCUT2D eigenvalue weighted by atomic mass is 10.0. The number of nitrogens with one attached hydrogen (secondary N) is 1. The third kappa shape index (κ3) is 2.12. The van der Waals surface area contributed by atoms with E-state index in [0.29, 0.717) is 23.1 Å². The van der Waals surface area contributed by atoms with Crippen LogP contribution in [0.3, 0.4) is 0 Å². The van der Waals surface area contributed by atoms with E-state index in [2.05, 4.69) is 21.2 Å². The van der Waals surface area contributed by atoms with Crippen LogP contribution in [0.1, 0.15) is 18.0 Å². The van der Waals surface area contributed by atoms with Gasteiger partial charge in [-0.2, -0.15) is 0 Å². The molecule has 15 heavy (non-hydrogen) atoms. The second kappa shape index (κ2) is 4.18. The van der Waals surface area contributed by atoms with E-state index in [1.54, 1.807) is 12.1 Å². The third-order valence-corrected chi connectivity index (χ3v) is 2.97. The molecule has 1 heterocycles. The number of hydrogen-bond acceptors (Lipinski definition) is 2. The number of benzene rings is 1. The van der Waals surface area contributed by atoms with Gasteiger partial charge >= 0.3 is 6.09 Å². The molecule has 5 heteroatoms. The quantitative estimate of drug-likeness (QED) is 0.855. The lowest BCUT2D eigenvalue weighted by Gasteiger charge is -2.24. The Morgan fingerprint density at radius 2 is 2.33 bits per heavy atom. The number of carbonyl (C=O) groups is 1. The standard InChI is InChI=1S/C10H9BrFNO2/c11-6-2-1-3-7(12)9(6)8-4-5-15-10(14)13-8/h1-3,8H,4-5H2,(H,13,14)/t8-/m1/s1. The lowest BCUT2D eigenvalue weighted by molar-refractivity contribution is 0.115. The average Bonchev–Trinajstić information content (AvgIpc) is 2.17. The fourth-order valence-electron chi connectivity index (χ4n) is 1.59. The summed E-state index contributed by atoms with van der Waals surface area (Å²) in [5.41, 5.74) is 0.481. The number of carbonyl (C=O) groups excluding carboxylic acids is 1. The van der Waals surface area contributed by atoms with E-state index in [4.69, 9.17) is 4.74 Å². The number of hydrogen-bond donors (Lipinski definition) is 1. The van der Waals surface area contributed by atoms with Gasteiger partial charge in [-0.15, -0.1) is 0 Å². The first-order chi connectivity index (χ1) is 7.18. The normalized spacial score (nSPS) is 20.7. The molecule has 1 saturated heterocycles. The predicted octanol–water partition coefficient (Wildman–Crippen LogP) is 2.76. The van der Waals surface area contributed by atoms with Crippen molar-refractivity contribution in [3.63, 3.8) is 0 Å². The third-order valence-electron chi connectivity index (χ3n) is 2.28. The van der Waals surface area contributed by atoms with Gasteiger partial charge in [0.1, 0.15) is 5.82 Å². The van der Waals surface area contributed by atoms with Crippen LogP contribution in [0.2, 0.25) is 0 Å². The van der Waals surface area contributed by atoms with E-state index >= 15 is 0 Å². The molecular formula is C10H9BrFNO2. The van der Waals surface area contributed by atoms with Crippen molar-refractivity contribution in [2.75, 3.05) is 6.61 Å². The van der Waals surface area contributed by atoms with E-state index in [9.17, 15) is 9.18 Å². The number of rotatable bonds is 1. The Hall–Kier alpha value is -1.10. The molecule has 0 saturated carbocycles. The maximum absolute atomic E-state index is 13.5. The van der Waals surface area contributed by atoms with Gasteiger partial charge in [-0.05, 0) is 12.1 Å². The van der Waals surface area contributed by atoms with Gasteiger partial charge in [-0.3, -0.25) is 0 Å². The van der Waals surface area contributed by atoms with Gasteiger partial charge in [-0.25, -0.2) is 9.18 Å². The van der Waals surface area contributed by atoms with E-state index in [1.165, 1.54) is 6.07 Å². The zero-order valence-corrected chi connectivity index (χ0v) is 9.38. The maximum Gasteiger partial charge on any atom is 0.407 e. The highest BCUT2D eigenvalue weighted by molar-refractivity contribution is 9.10. The molecule has 0 unspecified atom stereocenters. The van der Waals surface area contributed by atoms with Crippen molar-refractivity contribution in [3.05, 3.63) is 34.1 Å². The highest BCUT2D eigenvalue weighted by Gasteiger charge is 2.24. The summed E-state index contributed by atoms with van der Waals surface area (Å²) in [7, 11) is 0. The predicted molar refractivity (Wildman–Crippen MR) is 55.9 cm³/mol. The first-order valence-electron chi connectivity index (χ1n) is 4.55. The Labute approximate surface area is 94.7 Å². The summed E-state index contributed by atoms with van der Waals surface area (Å²) in [5, 5.41) is 2.58. The fourth-order valence-corrected chi connectivity index (χ4v) is 2.20. The van der Waals surface area contributed by atoms with Crippen LogP contribution in [0, 0.1) is 5.82 Å². The van der Waals surface area contributed by atoms with Gasteiger partial charge in [0.2, 0.25) is 0 Å². The zero-order valence-electron chi connectivity index (χ0n) is 7.80. The minimum atomic E-state index is -0.499. The largest absolute Gasteiger partial charge is 0.449 e. The van der Waals surface area contributed by atoms with Gasteiger partial charge in [0.25, 0.3) is 0 Å². The number of cyclic esters (lactones) is 1. The minimum absolute atomic E-state index is 0.317. The van der Waals surface area contributed by atoms with Crippen molar-refractivity contribution in [1.82, 2.24) is 5.32 Å². The minimum Gasteiger partial charge on any atom is -0.449 e. The first-order valence-corrected chi connectivity index (χ1v) is 5.35. The molecule has 1 fully saturated rings. The Bertz CT molecular complexity index is 377. The van der Waals surface area contributed by atoms with Crippen LogP contribution in [0.15, 0.2) is 22.7 Å². The molecule has 1 atom stereocenters. The molecule has 1 aromatic carbocycles. The van der Waals surface area contributed by atoms with Crippen LogP contribution in [0.5, 0.6) is 0 Å². The van der Waals surface area contributed by atoms with Gasteiger partial charge in [0.05, 0.1) is 12.6 Å². The number of alkyl carbamates (subject to hydrolysis) is 1. The van der Waals surface area contributed by atoms with Crippen molar-refractivity contribution >= 4 is 22.0 Å². The van der Waals surface area contributed by atoms with Crippen LogP contribution in [-0.2, 0) is 4.74 Å². The summed E-state index contributed by atoms with van der Waals surface area (Å²) < 4.78 is 18.9. The van der Waals surface area contributed by atoms with E-state index in [1.807, 2.05) is 0 Å². The summed E-state index contributed by atoms with van der Waals surface area (Å²) >= 11 is 3.27. The van der Waals surface area contributed by atoms with Gasteiger partial charge < -0.3 is 10.1 Å². The Kier molecular flexibility index (Phi) is 2.90. The molecule has 1 aliphatic rings. The molecular weight excluding hydrogens is 265 g/mol. The SMILES string of the molecule is O=C1N[C@@H](c2c(F)cccc2Br)CCO1. The fraction of sp³-hybridized carbons (Fsp3) is 0.300. The highest BCUT2D eigenvalue weighted by Crippen LogP contribution is 2.29. The molecule has 0 aromatic heterocycles. The van der Waals surface area contributed by atoms with E-state index in [-0.39, 0.29) is 11.9 Å². The lowest BCUT2D eigenvalue weighted by Crippen LogP contribution is -2.35. The summed E-state index contributed by atoms with van der Waals surface area (Å²) in [4.78, 5) is 11.0. The van der Waals surface area contributed by atoms with Gasteiger partial charge in [0, 0.05) is 16.5 Å². The molecule has 2 rings (SSSR count). The van der Waals surface area contributed by atoms with Crippen molar-refractivity contribution in [2.45, 2.75) is 12.5 Å². The zero-order chi connectivity index (χ0) is 10.8. The molecule has 0 aliphatic carbocycles. The van der Waals surface area contributed by atoms with Crippen molar-refractivity contribution < 1.29 is 13.9 Å². The van der Waals surface area contributed by atoms with Crippen LogP contribution in [0.25, 0.3) is 0 Å². The maximum atomic E-state index is 13.5. The molecule has 1 N–H and O–H groups in total. The van der Waals surface area contributed by atoms with Crippen molar-refractivity contribution in [1.29, 1.82) is 0 Å². The van der Waals surface area contributed by atoms with Crippen LogP contribution >= 0.6 is 15.9 Å². The molecule has 0 bridgehead atoms. The average molecular weight is 274 g/mol. The molecule has 1 aromatic rings. The molecule has 1 amide bonds. The van der Waals surface area contributed by atoms with E-state index < -0.39 is 6.09 Å². The first kappa shape index (κ1) is 10.4. The second-order valence-corrected chi connectivity index (χ2v) is 4.11. The highest BCUT2D eigenvalue weighted by atomic mass is 79.9. The Balaban J connectivity index is 2.32. The van der Waals surface area contributed by atoms with Gasteiger partial charge in [-0.1, -0.05) is 22.0 Å². The van der Waals surface area contributed by atoms with Crippen LogP contribution < -0.4 is 5.32 Å². The Morgan fingerprint density at radius 1 is 1.53 bits per heavy atom. The number of ether oxygens (including phenoxy) is 1. The number of halogens is 2. The monoisotopic (exact) mass is 273 g/mol. The van der Waals surface area contributed by atoms with Crippen molar-refractivity contribution in [2.24, 2.45) is 0 Å². The number of amides is 1. The molecule has 0 radical (unpaired) electrons. The molecule has 1 aliphatic heterocycles. The molecule has 0 spiro atoms. The molecule has 3 nitrogen and oxygen atoms in total. The Morgan fingerprint density at radius 3 is 3.00 bits per heavy atom. The van der Waals surface area contributed by atoms with Crippen molar-refractivity contribution in [3.8, 4) is 0 Å². The topological polar surface area (TPSA) is 38.3 Å². The second-order valence-electron chi connectivity index (χ2n) is 3.26. The molecule has 80 valence electrons. The summed E-state index contributed by atoms with van der Waals surface area (Å²) in [5.74, 6) is -0.323. The van der Waals surface area contributed by atoms with Crippen LogP contribution in [0.4, 0.5) is 9.18 Å². The summed E-state index contributed by atoms with van der Waals surface area (Å²) in [6, 6.07) is 4.42.